The molecule has 3 heterocycles. The molecule has 138 valence electrons. The molecule has 7 heteroatoms. The van der Waals surface area contributed by atoms with E-state index < -0.39 is 10.8 Å². The van der Waals surface area contributed by atoms with Crippen LogP contribution < -0.4 is 5.32 Å². The normalized spacial score (nSPS) is 23.8. The standard InChI is InChI=1S/C19H23N3O3S/c1-19(2)18(24)21-14(11-26-19)17(23)22-9-7-12(8-10-22)16-20-13-5-3-4-6-15(13)25-16/h3-6,12,14H,7-11H2,1-2H3,(H,21,24). The Morgan fingerprint density at radius 3 is 2.73 bits per heavy atom. The van der Waals surface area contributed by atoms with E-state index in [4.69, 9.17) is 4.42 Å². The van der Waals surface area contributed by atoms with Crippen molar-refractivity contribution in [2.24, 2.45) is 0 Å². The Morgan fingerprint density at radius 2 is 2.04 bits per heavy atom. The van der Waals surface area contributed by atoms with Gasteiger partial charge in [-0.15, -0.1) is 11.8 Å². The molecule has 2 saturated heterocycles. The minimum Gasteiger partial charge on any atom is -0.440 e. The van der Waals surface area contributed by atoms with Gasteiger partial charge in [0.05, 0.1) is 4.75 Å². The van der Waals surface area contributed by atoms with E-state index in [1.807, 2.05) is 43.0 Å². The highest BCUT2D eigenvalue weighted by Gasteiger charge is 2.40. The number of fused-ring (bicyclic) bond motifs is 1. The maximum atomic E-state index is 12.8. The Bertz CT molecular complexity index is 806. The van der Waals surface area contributed by atoms with Gasteiger partial charge < -0.3 is 14.6 Å². The fourth-order valence-electron chi connectivity index (χ4n) is 3.50. The molecule has 0 spiro atoms. The predicted molar refractivity (Wildman–Crippen MR) is 101 cm³/mol. The van der Waals surface area contributed by atoms with E-state index in [9.17, 15) is 9.59 Å². The Balaban J connectivity index is 1.37. The van der Waals surface area contributed by atoms with Crippen molar-refractivity contribution in [3.63, 3.8) is 0 Å². The van der Waals surface area contributed by atoms with E-state index in [0.717, 1.165) is 29.8 Å². The lowest BCUT2D eigenvalue weighted by atomic mass is 9.96. The van der Waals surface area contributed by atoms with Crippen LogP contribution in [0.4, 0.5) is 0 Å². The molecule has 0 radical (unpaired) electrons. The number of hydrogen-bond donors (Lipinski definition) is 1. The van der Waals surface area contributed by atoms with Crippen molar-refractivity contribution in [1.82, 2.24) is 15.2 Å². The first-order valence-electron chi connectivity index (χ1n) is 9.03. The van der Waals surface area contributed by atoms with Gasteiger partial charge in [0, 0.05) is 24.8 Å². The number of likely N-dealkylation sites (tertiary alicyclic amines) is 1. The van der Waals surface area contributed by atoms with Crippen molar-refractivity contribution in [3.8, 4) is 0 Å². The minimum atomic E-state index is -0.462. The van der Waals surface area contributed by atoms with Crippen molar-refractivity contribution in [2.75, 3.05) is 18.8 Å². The summed E-state index contributed by atoms with van der Waals surface area (Å²) in [7, 11) is 0. The number of thioether (sulfide) groups is 1. The van der Waals surface area contributed by atoms with Crippen molar-refractivity contribution in [1.29, 1.82) is 0 Å². The Kier molecular flexibility index (Phi) is 4.42. The second kappa shape index (κ2) is 6.61. The summed E-state index contributed by atoms with van der Waals surface area (Å²) >= 11 is 1.54. The first-order chi connectivity index (χ1) is 12.4. The monoisotopic (exact) mass is 373 g/mol. The van der Waals surface area contributed by atoms with Crippen LogP contribution in [0.2, 0.25) is 0 Å². The predicted octanol–water partition coefficient (Wildman–Crippen LogP) is 2.54. The second-order valence-corrected chi connectivity index (χ2v) is 9.11. The molecular weight excluding hydrogens is 350 g/mol. The van der Waals surface area contributed by atoms with Gasteiger partial charge in [-0.25, -0.2) is 4.98 Å². The maximum absolute atomic E-state index is 12.8. The molecule has 1 unspecified atom stereocenters. The number of aromatic nitrogens is 1. The summed E-state index contributed by atoms with van der Waals surface area (Å²) in [4.78, 5) is 31.3. The largest absolute Gasteiger partial charge is 0.440 e. The molecule has 2 amide bonds. The van der Waals surface area contributed by atoms with Crippen LogP contribution in [0, 0.1) is 0 Å². The molecule has 2 aromatic rings. The van der Waals surface area contributed by atoms with E-state index in [2.05, 4.69) is 10.3 Å². The molecule has 0 aliphatic carbocycles. The van der Waals surface area contributed by atoms with Gasteiger partial charge in [0.25, 0.3) is 0 Å². The van der Waals surface area contributed by atoms with Crippen molar-refractivity contribution < 1.29 is 14.0 Å². The molecule has 1 aromatic carbocycles. The Morgan fingerprint density at radius 1 is 1.31 bits per heavy atom. The van der Waals surface area contributed by atoms with Crippen molar-refractivity contribution >= 4 is 34.7 Å². The van der Waals surface area contributed by atoms with Crippen LogP contribution in [0.5, 0.6) is 0 Å². The maximum Gasteiger partial charge on any atom is 0.246 e. The number of nitrogens with zero attached hydrogens (tertiary/aromatic N) is 2. The topological polar surface area (TPSA) is 75.4 Å². The molecular formula is C19H23N3O3S. The van der Waals surface area contributed by atoms with E-state index in [0.29, 0.717) is 18.8 Å². The molecule has 1 atom stereocenters. The highest BCUT2D eigenvalue weighted by Crippen LogP contribution is 2.32. The van der Waals surface area contributed by atoms with E-state index in [1.54, 1.807) is 11.8 Å². The molecule has 4 rings (SSSR count). The van der Waals surface area contributed by atoms with Crippen molar-refractivity contribution in [3.05, 3.63) is 30.2 Å². The van der Waals surface area contributed by atoms with E-state index in [1.165, 1.54) is 0 Å². The van der Waals surface area contributed by atoms with Crippen LogP contribution in [0.25, 0.3) is 11.1 Å². The third-order valence-corrected chi connectivity index (χ3v) is 6.63. The quantitative estimate of drug-likeness (QED) is 0.876. The van der Waals surface area contributed by atoms with Crippen LogP contribution >= 0.6 is 11.8 Å². The summed E-state index contributed by atoms with van der Waals surface area (Å²) in [5, 5.41) is 2.88. The summed E-state index contributed by atoms with van der Waals surface area (Å²) in [6, 6.07) is 7.35. The van der Waals surface area contributed by atoms with Crippen LogP contribution in [-0.4, -0.2) is 51.3 Å². The number of benzene rings is 1. The highest BCUT2D eigenvalue weighted by molar-refractivity contribution is 8.01. The number of para-hydroxylation sites is 2. The summed E-state index contributed by atoms with van der Waals surface area (Å²) in [5.41, 5.74) is 1.69. The number of nitrogens with one attached hydrogen (secondary N) is 1. The molecule has 2 aliphatic heterocycles. The van der Waals surface area contributed by atoms with Crippen LogP contribution in [-0.2, 0) is 9.59 Å². The first-order valence-corrected chi connectivity index (χ1v) is 10.0. The van der Waals surface area contributed by atoms with Gasteiger partial charge in [-0.05, 0) is 38.8 Å². The average molecular weight is 373 g/mol. The highest BCUT2D eigenvalue weighted by atomic mass is 32.2. The van der Waals surface area contributed by atoms with Gasteiger partial charge >= 0.3 is 0 Å². The Hall–Kier alpha value is -2.02. The molecule has 0 bridgehead atoms. The fourth-order valence-corrected chi connectivity index (χ4v) is 4.50. The average Bonchev–Trinajstić information content (AvgIpc) is 3.08. The van der Waals surface area contributed by atoms with Gasteiger partial charge in [0.2, 0.25) is 11.8 Å². The number of hydrogen-bond acceptors (Lipinski definition) is 5. The van der Waals surface area contributed by atoms with Gasteiger partial charge in [-0.1, -0.05) is 12.1 Å². The van der Waals surface area contributed by atoms with Crippen molar-refractivity contribution in [2.45, 2.75) is 43.4 Å². The lowest BCUT2D eigenvalue weighted by Gasteiger charge is -2.37. The molecule has 1 aromatic heterocycles. The van der Waals surface area contributed by atoms with Gasteiger partial charge in [0.1, 0.15) is 11.6 Å². The molecule has 0 saturated carbocycles. The summed E-state index contributed by atoms with van der Waals surface area (Å²) in [6.07, 6.45) is 1.66. The zero-order valence-electron chi connectivity index (χ0n) is 15.0. The SMILES string of the molecule is CC1(C)SCC(C(=O)N2CCC(c3nc4ccccc4o3)CC2)NC1=O. The molecule has 26 heavy (non-hydrogen) atoms. The number of carbonyl (C=O) groups excluding carboxylic acids is 2. The second-order valence-electron chi connectivity index (χ2n) is 7.47. The molecule has 1 N–H and O–H groups in total. The van der Waals surface area contributed by atoms with Gasteiger partial charge in [-0.2, -0.15) is 0 Å². The smallest absolute Gasteiger partial charge is 0.246 e. The molecule has 2 fully saturated rings. The third kappa shape index (κ3) is 3.20. The lowest BCUT2D eigenvalue weighted by Crippen LogP contribution is -2.58. The number of piperidine rings is 1. The van der Waals surface area contributed by atoms with E-state index >= 15 is 0 Å². The number of oxazole rings is 1. The zero-order valence-corrected chi connectivity index (χ0v) is 15.8. The summed E-state index contributed by atoms with van der Waals surface area (Å²) in [6.45, 7) is 5.12. The van der Waals surface area contributed by atoms with Crippen LogP contribution in [0.3, 0.4) is 0 Å². The van der Waals surface area contributed by atoms with Gasteiger partial charge in [-0.3, -0.25) is 9.59 Å². The minimum absolute atomic E-state index is 0.0253. The van der Waals surface area contributed by atoms with E-state index in [-0.39, 0.29) is 17.7 Å². The zero-order chi connectivity index (χ0) is 18.3. The fraction of sp³-hybridized carbons (Fsp3) is 0.526. The van der Waals surface area contributed by atoms with Crippen LogP contribution in [0.1, 0.15) is 38.5 Å². The number of amides is 2. The Labute approximate surface area is 156 Å². The summed E-state index contributed by atoms with van der Waals surface area (Å²) in [5.74, 6) is 1.59. The number of rotatable bonds is 2. The molecule has 6 nitrogen and oxygen atoms in total. The number of carbonyl (C=O) groups is 2. The third-order valence-electron chi connectivity index (χ3n) is 5.23. The van der Waals surface area contributed by atoms with Crippen LogP contribution in [0.15, 0.2) is 28.7 Å². The first kappa shape index (κ1) is 17.4. The lowest BCUT2D eigenvalue weighted by molar-refractivity contribution is -0.137. The molecule has 2 aliphatic rings. The summed E-state index contributed by atoms with van der Waals surface area (Å²) < 4.78 is 5.42. The van der Waals surface area contributed by atoms with Gasteiger partial charge in [0.15, 0.2) is 11.5 Å².